The number of anilines is 1. The number of nitrogens with zero attached hydrogens (tertiary/aromatic N) is 2. The van der Waals surface area contributed by atoms with Gasteiger partial charge in [0.05, 0.1) is 22.4 Å². The van der Waals surface area contributed by atoms with Gasteiger partial charge in [0, 0.05) is 12.6 Å². The van der Waals surface area contributed by atoms with E-state index in [9.17, 15) is 19.2 Å². The SMILES string of the molecule is Cc1ccc(C)c(N2C(=O)c3ccc(C(=O)OCC(=O)N(Cc4ccccc4)C(C)C)cc3C2=O)c1. The van der Waals surface area contributed by atoms with Gasteiger partial charge >= 0.3 is 5.97 Å². The lowest BCUT2D eigenvalue weighted by atomic mass is 10.1. The molecule has 0 radical (unpaired) electrons. The second-order valence-corrected chi connectivity index (χ2v) is 9.17. The van der Waals surface area contributed by atoms with Crippen molar-refractivity contribution >= 4 is 29.4 Å². The summed E-state index contributed by atoms with van der Waals surface area (Å²) in [6.07, 6.45) is 0. The number of amides is 3. The summed E-state index contributed by atoms with van der Waals surface area (Å²) < 4.78 is 5.29. The Labute approximate surface area is 210 Å². The summed E-state index contributed by atoms with van der Waals surface area (Å²) in [6, 6.07) is 19.3. The van der Waals surface area contributed by atoms with E-state index in [1.54, 1.807) is 11.0 Å². The van der Waals surface area contributed by atoms with Gasteiger partial charge in [0.2, 0.25) is 0 Å². The maximum Gasteiger partial charge on any atom is 0.338 e. The maximum atomic E-state index is 13.1. The number of aryl methyl sites for hydroxylation is 2. The highest BCUT2D eigenvalue weighted by Crippen LogP contribution is 2.32. The lowest BCUT2D eigenvalue weighted by Crippen LogP contribution is -2.39. The molecule has 0 aromatic heterocycles. The molecule has 0 spiro atoms. The molecule has 3 aromatic carbocycles. The number of carbonyl (C=O) groups excluding carboxylic acids is 4. The van der Waals surface area contributed by atoms with Crippen LogP contribution in [0.1, 0.15) is 61.6 Å². The number of hydrogen-bond acceptors (Lipinski definition) is 5. The quantitative estimate of drug-likeness (QED) is 0.359. The zero-order valence-corrected chi connectivity index (χ0v) is 20.8. The van der Waals surface area contributed by atoms with Crippen LogP contribution in [0, 0.1) is 13.8 Å². The monoisotopic (exact) mass is 484 g/mol. The summed E-state index contributed by atoms with van der Waals surface area (Å²) in [5, 5.41) is 0. The standard InChI is InChI=1S/C29H28N2O5/c1-18(2)30(16-21-8-6-5-7-9-21)26(32)17-36-29(35)22-12-13-23-24(15-22)28(34)31(27(23)33)25-14-19(3)10-11-20(25)4/h5-15,18H,16-17H2,1-4H3. The second-order valence-electron chi connectivity index (χ2n) is 9.17. The Balaban J connectivity index is 1.48. The molecule has 0 N–H and O–H groups in total. The van der Waals surface area contributed by atoms with Gasteiger partial charge in [0.25, 0.3) is 17.7 Å². The van der Waals surface area contributed by atoms with Crippen molar-refractivity contribution in [3.8, 4) is 0 Å². The average molecular weight is 485 g/mol. The Morgan fingerprint density at radius 2 is 1.58 bits per heavy atom. The van der Waals surface area contributed by atoms with Crippen LogP contribution in [-0.4, -0.2) is 41.2 Å². The van der Waals surface area contributed by atoms with E-state index >= 15 is 0 Å². The molecule has 0 bridgehead atoms. The first kappa shape index (κ1) is 24.9. The Morgan fingerprint density at radius 1 is 0.889 bits per heavy atom. The molecule has 36 heavy (non-hydrogen) atoms. The molecule has 184 valence electrons. The predicted molar refractivity (Wildman–Crippen MR) is 136 cm³/mol. The normalized spacial score (nSPS) is 12.6. The topological polar surface area (TPSA) is 84.0 Å². The number of imide groups is 1. The van der Waals surface area contributed by atoms with Crippen LogP contribution < -0.4 is 4.90 Å². The Hall–Kier alpha value is -4.26. The van der Waals surface area contributed by atoms with Crippen LogP contribution in [0.25, 0.3) is 0 Å². The number of esters is 1. The van der Waals surface area contributed by atoms with Crippen molar-refractivity contribution in [1.82, 2.24) is 4.90 Å². The molecule has 0 aliphatic carbocycles. The van der Waals surface area contributed by atoms with Crippen LogP contribution >= 0.6 is 0 Å². The molecule has 0 saturated carbocycles. The van der Waals surface area contributed by atoms with Crippen LogP contribution in [0.15, 0.2) is 66.7 Å². The third-order valence-electron chi connectivity index (χ3n) is 6.19. The van der Waals surface area contributed by atoms with E-state index < -0.39 is 24.4 Å². The van der Waals surface area contributed by atoms with Gasteiger partial charge in [-0.1, -0.05) is 42.5 Å². The number of hydrogen-bond donors (Lipinski definition) is 0. The highest BCUT2D eigenvalue weighted by molar-refractivity contribution is 6.35. The van der Waals surface area contributed by atoms with Crippen LogP contribution in [-0.2, 0) is 16.1 Å². The van der Waals surface area contributed by atoms with E-state index in [4.69, 9.17) is 4.74 Å². The minimum atomic E-state index is -0.736. The maximum absolute atomic E-state index is 13.1. The molecule has 7 heteroatoms. The van der Waals surface area contributed by atoms with Crippen molar-refractivity contribution < 1.29 is 23.9 Å². The molecular formula is C29H28N2O5. The molecule has 1 heterocycles. The van der Waals surface area contributed by atoms with Crippen LogP contribution in [0.5, 0.6) is 0 Å². The minimum Gasteiger partial charge on any atom is -0.452 e. The summed E-state index contributed by atoms with van der Waals surface area (Å²) in [5.41, 5.74) is 3.66. The fourth-order valence-corrected chi connectivity index (χ4v) is 4.18. The second kappa shape index (κ2) is 10.2. The van der Waals surface area contributed by atoms with E-state index in [0.717, 1.165) is 21.6 Å². The van der Waals surface area contributed by atoms with Crippen LogP contribution in [0.3, 0.4) is 0 Å². The van der Waals surface area contributed by atoms with Crippen molar-refractivity contribution in [2.75, 3.05) is 11.5 Å². The lowest BCUT2D eigenvalue weighted by Gasteiger charge is -2.26. The molecular weight excluding hydrogens is 456 g/mol. The minimum absolute atomic E-state index is 0.0869. The van der Waals surface area contributed by atoms with Gasteiger partial charge in [0.1, 0.15) is 0 Å². The number of fused-ring (bicyclic) bond motifs is 1. The number of carbonyl (C=O) groups is 4. The van der Waals surface area contributed by atoms with Gasteiger partial charge in [-0.25, -0.2) is 9.69 Å². The summed E-state index contributed by atoms with van der Waals surface area (Å²) in [7, 11) is 0. The van der Waals surface area contributed by atoms with E-state index in [0.29, 0.717) is 12.2 Å². The summed E-state index contributed by atoms with van der Waals surface area (Å²) in [6.45, 7) is 7.48. The molecule has 1 aliphatic heterocycles. The fourth-order valence-electron chi connectivity index (χ4n) is 4.18. The molecule has 0 saturated heterocycles. The van der Waals surface area contributed by atoms with Crippen molar-refractivity contribution in [2.24, 2.45) is 0 Å². The van der Waals surface area contributed by atoms with Gasteiger partial charge in [-0.15, -0.1) is 0 Å². The van der Waals surface area contributed by atoms with Gasteiger partial charge in [-0.05, 0) is 68.7 Å². The lowest BCUT2D eigenvalue weighted by molar-refractivity contribution is -0.136. The van der Waals surface area contributed by atoms with E-state index in [1.165, 1.54) is 18.2 Å². The fraction of sp³-hybridized carbons (Fsp3) is 0.241. The summed E-state index contributed by atoms with van der Waals surface area (Å²) in [4.78, 5) is 54.5. The number of benzene rings is 3. The molecule has 0 unspecified atom stereocenters. The van der Waals surface area contributed by atoms with Gasteiger partial charge in [0.15, 0.2) is 6.61 Å². The van der Waals surface area contributed by atoms with Gasteiger partial charge in [-0.3, -0.25) is 14.4 Å². The largest absolute Gasteiger partial charge is 0.452 e. The number of ether oxygens (including phenoxy) is 1. The van der Waals surface area contributed by atoms with Crippen molar-refractivity contribution in [3.63, 3.8) is 0 Å². The Kier molecular flexibility index (Phi) is 7.01. The predicted octanol–water partition coefficient (Wildman–Crippen LogP) is 4.70. The zero-order valence-electron chi connectivity index (χ0n) is 20.8. The highest BCUT2D eigenvalue weighted by atomic mass is 16.5. The third kappa shape index (κ3) is 4.91. The zero-order chi connectivity index (χ0) is 26.0. The average Bonchev–Trinajstić information content (AvgIpc) is 3.11. The first-order valence-electron chi connectivity index (χ1n) is 11.8. The van der Waals surface area contributed by atoms with E-state index in [2.05, 4.69) is 0 Å². The molecule has 0 atom stereocenters. The van der Waals surface area contributed by atoms with Crippen molar-refractivity contribution in [2.45, 2.75) is 40.3 Å². The van der Waals surface area contributed by atoms with Crippen LogP contribution in [0.4, 0.5) is 5.69 Å². The molecule has 7 nitrogen and oxygen atoms in total. The Morgan fingerprint density at radius 3 is 2.28 bits per heavy atom. The molecule has 3 amide bonds. The number of rotatable bonds is 7. The van der Waals surface area contributed by atoms with Crippen LogP contribution in [0.2, 0.25) is 0 Å². The highest BCUT2D eigenvalue weighted by Gasteiger charge is 2.38. The molecule has 0 fully saturated rings. The van der Waals surface area contributed by atoms with E-state index in [1.807, 2.05) is 70.2 Å². The van der Waals surface area contributed by atoms with Gasteiger partial charge in [-0.2, -0.15) is 0 Å². The Bertz CT molecular complexity index is 1350. The molecule has 3 aromatic rings. The van der Waals surface area contributed by atoms with Crippen molar-refractivity contribution in [3.05, 3.63) is 100 Å². The smallest absolute Gasteiger partial charge is 0.338 e. The molecule has 4 rings (SSSR count). The summed E-state index contributed by atoms with van der Waals surface area (Å²) >= 11 is 0. The first-order valence-corrected chi connectivity index (χ1v) is 11.8. The third-order valence-corrected chi connectivity index (χ3v) is 6.19. The van der Waals surface area contributed by atoms with E-state index in [-0.39, 0.29) is 28.6 Å². The first-order chi connectivity index (χ1) is 17.2. The summed E-state index contributed by atoms with van der Waals surface area (Å²) in [5.74, 6) is -1.99. The molecule has 1 aliphatic rings. The van der Waals surface area contributed by atoms with Gasteiger partial charge < -0.3 is 9.64 Å². The van der Waals surface area contributed by atoms with Crippen molar-refractivity contribution in [1.29, 1.82) is 0 Å².